The van der Waals surface area contributed by atoms with Crippen LogP contribution in [-0.2, 0) is 17.3 Å². The molecule has 0 saturated heterocycles. The maximum atomic E-state index is 12.3. The summed E-state index contributed by atoms with van der Waals surface area (Å²) >= 11 is 1.80. The molecular weight excluding hydrogens is 286 g/mol. The Kier molecular flexibility index (Phi) is 2.19. The van der Waals surface area contributed by atoms with Gasteiger partial charge in [-0.2, -0.15) is 13.5 Å². The lowest BCUT2D eigenvalue weighted by molar-refractivity contribution is 0.534. The van der Waals surface area contributed by atoms with Gasteiger partial charge in [-0.3, -0.25) is 4.68 Å². The van der Waals surface area contributed by atoms with Crippen LogP contribution in [0.5, 0.6) is 0 Å². The highest BCUT2D eigenvalue weighted by molar-refractivity contribution is 14.1. The van der Waals surface area contributed by atoms with Crippen LogP contribution in [0.1, 0.15) is 0 Å². The summed E-state index contributed by atoms with van der Waals surface area (Å²) in [5, 5.41) is 3.25. The van der Waals surface area contributed by atoms with Crippen LogP contribution in [0.2, 0.25) is 0 Å². The van der Waals surface area contributed by atoms with E-state index in [2.05, 4.69) is 5.10 Å². The van der Waals surface area contributed by atoms with Crippen LogP contribution < -0.4 is 0 Å². The largest absolute Gasteiger partial charge is 0.349 e. The highest BCUT2D eigenvalue weighted by Gasteiger charge is 2.17. The molecule has 0 radical (unpaired) electrons. The fourth-order valence-electron chi connectivity index (χ4n) is 0.645. The Hall–Kier alpha value is -0.180. The molecule has 0 aliphatic heterocycles. The average molecular weight is 290 g/mol. The summed E-state index contributed by atoms with van der Waals surface area (Å²) in [6.07, 6.45) is 0. The zero-order valence-electron chi connectivity index (χ0n) is 5.45. The normalized spacial score (nSPS) is 11.9. The van der Waals surface area contributed by atoms with E-state index in [0.29, 0.717) is 3.70 Å². The number of hydrogen-bond acceptors (Lipinski definition) is 3. The molecule has 0 spiro atoms. The number of aromatic nitrogens is 2. The van der Waals surface area contributed by atoms with E-state index >= 15 is 0 Å². The maximum absolute atomic E-state index is 12.3. The fraction of sp³-hybridized carbons (Fsp3) is 0.250. The summed E-state index contributed by atoms with van der Waals surface area (Å²) in [5.41, 5.74) is 0. The van der Waals surface area contributed by atoms with E-state index < -0.39 is 15.2 Å². The molecule has 1 rings (SSSR count). The molecule has 0 amide bonds. The Morgan fingerprint density at radius 1 is 1.73 bits per heavy atom. The minimum Gasteiger partial charge on any atom is -0.254 e. The van der Waals surface area contributed by atoms with Gasteiger partial charge in [0.15, 0.2) is 5.03 Å². The molecule has 0 aliphatic rings. The van der Waals surface area contributed by atoms with Gasteiger partial charge in [0.05, 0.1) is 0 Å². The predicted molar refractivity (Wildman–Crippen MR) is 44.2 cm³/mol. The summed E-state index contributed by atoms with van der Waals surface area (Å²) in [4.78, 5) is 0. The van der Waals surface area contributed by atoms with Gasteiger partial charge in [-0.15, -0.1) is 0 Å². The second-order valence-electron chi connectivity index (χ2n) is 1.87. The molecule has 0 unspecified atom stereocenters. The van der Waals surface area contributed by atoms with E-state index in [4.69, 9.17) is 0 Å². The molecule has 0 N–H and O–H groups in total. The lowest BCUT2D eigenvalue weighted by Gasteiger charge is -1.91. The number of nitrogens with zero attached hydrogens (tertiary/aromatic N) is 2. The van der Waals surface area contributed by atoms with Crippen LogP contribution in [0.4, 0.5) is 3.89 Å². The van der Waals surface area contributed by atoms with Gasteiger partial charge < -0.3 is 0 Å². The Morgan fingerprint density at radius 3 is 2.45 bits per heavy atom. The van der Waals surface area contributed by atoms with Crippen LogP contribution in [0.15, 0.2) is 11.1 Å². The molecule has 7 heteroatoms. The summed E-state index contributed by atoms with van der Waals surface area (Å²) in [5.74, 6) is 0. The van der Waals surface area contributed by atoms with Crippen molar-refractivity contribution in [3.63, 3.8) is 0 Å². The topological polar surface area (TPSA) is 52.0 Å². The zero-order valence-corrected chi connectivity index (χ0v) is 8.43. The molecule has 0 atom stereocenters. The van der Waals surface area contributed by atoms with Crippen LogP contribution in [0.3, 0.4) is 0 Å². The van der Waals surface area contributed by atoms with Gasteiger partial charge in [0, 0.05) is 13.1 Å². The number of aryl methyl sites for hydroxylation is 1. The van der Waals surface area contributed by atoms with E-state index in [1.54, 1.807) is 22.6 Å². The van der Waals surface area contributed by atoms with Crippen molar-refractivity contribution in [2.45, 2.75) is 5.03 Å². The number of halogens is 2. The third-order valence-corrected chi connectivity index (χ3v) is 2.47. The van der Waals surface area contributed by atoms with Crippen molar-refractivity contribution in [2.24, 2.45) is 7.05 Å². The van der Waals surface area contributed by atoms with Gasteiger partial charge in [-0.05, 0) is 22.6 Å². The van der Waals surface area contributed by atoms with E-state index in [9.17, 15) is 12.3 Å². The summed E-state index contributed by atoms with van der Waals surface area (Å²) in [6.45, 7) is 0. The van der Waals surface area contributed by atoms with Gasteiger partial charge in [0.2, 0.25) is 0 Å². The Morgan fingerprint density at radius 2 is 2.27 bits per heavy atom. The van der Waals surface area contributed by atoms with E-state index in [-0.39, 0.29) is 0 Å². The lowest BCUT2D eigenvalue weighted by Crippen LogP contribution is -2.01. The minimum absolute atomic E-state index is 0.415. The third-order valence-electron chi connectivity index (χ3n) is 1.06. The molecule has 62 valence electrons. The second-order valence-corrected chi connectivity index (χ2v) is 4.27. The SMILES string of the molecule is Cn1nc(I)cc1S(=O)(=O)F. The molecule has 0 aliphatic carbocycles. The fourth-order valence-corrected chi connectivity index (χ4v) is 2.08. The molecule has 0 aromatic carbocycles. The highest BCUT2D eigenvalue weighted by atomic mass is 127. The maximum Gasteiger partial charge on any atom is 0.349 e. The van der Waals surface area contributed by atoms with Crippen molar-refractivity contribution in [3.05, 3.63) is 9.77 Å². The molecule has 1 aromatic heterocycles. The molecule has 0 bridgehead atoms. The van der Waals surface area contributed by atoms with Crippen molar-refractivity contribution >= 4 is 32.8 Å². The molecule has 0 fully saturated rings. The van der Waals surface area contributed by atoms with Crippen LogP contribution >= 0.6 is 22.6 Å². The van der Waals surface area contributed by atoms with Crippen molar-refractivity contribution in [1.82, 2.24) is 9.78 Å². The Labute approximate surface area is 76.8 Å². The first-order valence-electron chi connectivity index (χ1n) is 2.55. The third kappa shape index (κ3) is 1.89. The molecule has 1 aromatic rings. The Bertz CT molecular complexity index is 371. The average Bonchev–Trinajstić information content (AvgIpc) is 2.08. The van der Waals surface area contributed by atoms with Gasteiger partial charge in [0.25, 0.3) is 0 Å². The van der Waals surface area contributed by atoms with E-state index in [1.807, 2.05) is 0 Å². The summed E-state index contributed by atoms with van der Waals surface area (Å²) in [7, 11) is -3.25. The first kappa shape index (κ1) is 8.91. The van der Waals surface area contributed by atoms with Crippen LogP contribution in [0, 0.1) is 3.70 Å². The van der Waals surface area contributed by atoms with Crippen LogP contribution in [0.25, 0.3) is 0 Å². The molecule has 0 saturated carbocycles. The number of hydrogen-bond donors (Lipinski definition) is 0. The molecule has 4 nitrogen and oxygen atoms in total. The van der Waals surface area contributed by atoms with Gasteiger partial charge in [-0.25, -0.2) is 0 Å². The van der Waals surface area contributed by atoms with Gasteiger partial charge in [0.1, 0.15) is 3.70 Å². The van der Waals surface area contributed by atoms with Crippen molar-refractivity contribution in [2.75, 3.05) is 0 Å². The summed E-state index contributed by atoms with van der Waals surface area (Å²) < 4.78 is 34.4. The van der Waals surface area contributed by atoms with E-state index in [0.717, 1.165) is 10.7 Å². The van der Waals surface area contributed by atoms with Gasteiger partial charge >= 0.3 is 10.2 Å². The second kappa shape index (κ2) is 2.70. The number of rotatable bonds is 1. The first-order valence-corrected chi connectivity index (χ1v) is 5.01. The zero-order chi connectivity index (χ0) is 8.65. The molecule has 11 heavy (non-hydrogen) atoms. The molecular formula is C4H4FIN2O2S. The van der Waals surface area contributed by atoms with E-state index in [1.165, 1.54) is 7.05 Å². The van der Waals surface area contributed by atoms with Gasteiger partial charge in [-0.1, -0.05) is 3.89 Å². The smallest absolute Gasteiger partial charge is 0.254 e. The standard InChI is InChI=1S/C4H4FIN2O2S/c1-8-4(11(5,9)10)2-3(6)7-8/h2H,1H3. The monoisotopic (exact) mass is 290 g/mol. The predicted octanol–water partition coefficient (Wildman–Crippen LogP) is 0.683. The summed E-state index contributed by atoms with van der Waals surface area (Å²) in [6, 6.07) is 1.16. The highest BCUT2D eigenvalue weighted by Crippen LogP contribution is 2.13. The molecule has 1 heterocycles. The van der Waals surface area contributed by atoms with Crippen molar-refractivity contribution in [1.29, 1.82) is 0 Å². The first-order chi connectivity index (χ1) is 4.91. The lowest BCUT2D eigenvalue weighted by atomic mass is 10.7. The van der Waals surface area contributed by atoms with Crippen molar-refractivity contribution in [3.8, 4) is 0 Å². The minimum atomic E-state index is -4.62. The quantitative estimate of drug-likeness (QED) is 0.564. The Balaban J connectivity index is 3.36. The van der Waals surface area contributed by atoms with Crippen molar-refractivity contribution < 1.29 is 12.3 Å². The van der Waals surface area contributed by atoms with Crippen LogP contribution in [-0.4, -0.2) is 18.2 Å².